The second-order valence-electron chi connectivity index (χ2n) is 6.13. The largest absolute Gasteiger partial charge is 0.491 e. The van der Waals surface area contributed by atoms with Crippen LogP contribution in [0.15, 0.2) is 42.5 Å². The maximum Gasteiger partial charge on any atom is 0.124 e. The fraction of sp³-hybridized carbons (Fsp3) is 0.350. The molecule has 6 nitrogen and oxygen atoms in total. The molecule has 1 heterocycles. The summed E-state index contributed by atoms with van der Waals surface area (Å²) < 4.78 is 17.3. The van der Waals surface area contributed by atoms with Crippen LogP contribution < -0.4 is 15.4 Å². The number of nitrogens with zero attached hydrogens (tertiary/aromatic N) is 2. The number of anilines is 1. The first-order chi connectivity index (χ1) is 13.2. The van der Waals surface area contributed by atoms with Crippen molar-refractivity contribution >= 4 is 27.2 Å². The summed E-state index contributed by atoms with van der Waals surface area (Å²) >= 11 is 1.67. The highest BCUT2D eigenvalue weighted by Crippen LogP contribution is 2.33. The van der Waals surface area contributed by atoms with Gasteiger partial charge in [-0.25, -0.2) is 4.98 Å². The number of aromatic nitrogens is 1. The Hall–Kier alpha value is -2.19. The van der Waals surface area contributed by atoms with E-state index in [-0.39, 0.29) is 6.73 Å². The molecule has 0 saturated heterocycles. The summed E-state index contributed by atoms with van der Waals surface area (Å²) in [4.78, 5) is 6.82. The Balaban J connectivity index is 1.59. The molecule has 0 atom stereocenters. The van der Waals surface area contributed by atoms with Crippen LogP contribution in [0.2, 0.25) is 0 Å². The molecule has 2 aromatic carbocycles. The third kappa shape index (κ3) is 5.40. The van der Waals surface area contributed by atoms with E-state index in [0.29, 0.717) is 26.4 Å². The molecule has 3 aromatic rings. The lowest BCUT2D eigenvalue weighted by Gasteiger charge is -2.11. The molecule has 1 aromatic heterocycles. The SMILES string of the molecule is CN(C)c1ccc(-c2nc3ccc(OCCOCCOCN)cc3s2)cc1. The van der Waals surface area contributed by atoms with E-state index in [1.807, 2.05) is 32.3 Å². The van der Waals surface area contributed by atoms with Crippen LogP contribution in [0, 0.1) is 0 Å². The molecule has 7 heteroatoms. The van der Waals surface area contributed by atoms with E-state index in [1.165, 1.54) is 5.69 Å². The molecular formula is C20H25N3O3S. The highest BCUT2D eigenvalue weighted by molar-refractivity contribution is 7.21. The Kier molecular flexibility index (Phi) is 7.00. The monoisotopic (exact) mass is 387 g/mol. The minimum absolute atomic E-state index is 0.219. The summed E-state index contributed by atoms with van der Waals surface area (Å²) in [5.41, 5.74) is 8.52. The van der Waals surface area contributed by atoms with Crippen LogP contribution in [0.4, 0.5) is 5.69 Å². The topological polar surface area (TPSA) is 69.8 Å². The average molecular weight is 388 g/mol. The van der Waals surface area contributed by atoms with Gasteiger partial charge in [-0.1, -0.05) is 0 Å². The molecule has 0 radical (unpaired) electrons. The number of benzene rings is 2. The number of hydrogen-bond donors (Lipinski definition) is 1. The Labute approximate surface area is 163 Å². The molecule has 0 bridgehead atoms. The van der Waals surface area contributed by atoms with Crippen molar-refractivity contribution in [1.29, 1.82) is 0 Å². The number of rotatable bonds is 10. The number of nitrogens with two attached hydrogens (primary N) is 1. The third-order valence-corrected chi connectivity index (χ3v) is 5.04. The quantitative estimate of drug-likeness (QED) is 0.425. The summed E-state index contributed by atoms with van der Waals surface area (Å²) in [5.74, 6) is 0.822. The molecule has 0 fully saturated rings. The van der Waals surface area contributed by atoms with Gasteiger partial charge in [0.2, 0.25) is 0 Å². The maximum atomic E-state index is 5.76. The first-order valence-corrected chi connectivity index (χ1v) is 9.66. The van der Waals surface area contributed by atoms with Gasteiger partial charge in [-0.05, 0) is 42.5 Å². The lowest BCUT2D eigenvalue weighted by atomic mass is 10.2. The number of ether oxygens (including phenoxy) is 3. The van der Waals surface area contributed by atoms with Crippen LogP contribution in [0.3, 0.4) is 0 Å². The van der Waals surface area contributed by atoms with E-state index >= 15 is 0 Å². The Morgan fingerprint density at radius 1 is 0.963 bits per heavy atom. The minimum Gasteiger partial charge on any atom is -0.491 e. The van der Waals surface area contributed by atoms with Gasteiger partial charge in [-0.15, -0.1) is 11.3 Å². The molecule has 144 valence electrons. The lowest BCUT2D eigenvalue weighted by molar-refractivity contribution is 0.0384. The van der Waals surface area contributed by atoms with Gasteiger partial charge in [0.05, 0.1) is 36.8 Å². The van der Waals surface area contributed by atoms with Crippen molar-refractivity contribution in [2.24, 2.45) is 5.73 Å². The van der Waals surface area contributed by atoms with Gasteiger partial charge in [-0.3, -0.25) is 0 Å². The molecule has 0 saturated carbocycles. The number of hydrogen-bond acceptors (Lipinski definition) is 7. The first-order valence-electron chi connectivity index (χ1n) is 8.84. The van der Waals surface area contributed by atoms with Crippen LogP contribution >= 0.6 is 11.3 Å². The van der Waals surface area contributed by atoms with E-state index in [4.69, 9.17) is 24.9 Å². The van der Waals surface area contributed by atoms with Gasteiger partial charge in [-0.2, -0.15) is 0 Å². The van der Waals surface area contributed by atoms with Crippen molar-refractivity contribution < 1.29 is 14.2 Å². The maximum absolute atomic E-state index is 5.76. The van der Waals surface area contributed by atoms with Gasteiger partial charge >= 0.3 is 0 Å². The highest BCUT2D eigenvalue weighted by Gasteiger charge is 2.08. The van der Waals surface area contributed by atoms with E-state index < -0.39 is 0 Å². The second-order valence-corrected chi connectivity index (χ2v) is 7.16. The van der Waals surface area contributed by atoms with Gasteiger partial charge in [0.25, 0.3) is 0 Å². The molecule has 2 N–H and O–H groups in total. The second kappa shape index (κ2) is 9.66. The summed E-state index contributed by atoms with van der Waals surface area (Å²) in [6, 6.07) is 14.4. The molecule has 0 aliphatic rings. The zero-order chi connectivity index (χ0) is 19.1. The smallest absolute Gasteiger partial charge is 0.124 e. The minimum atomic E-state index is 0.219. The van der Waals surface area contributed by atoms with Crippen LogP contribution in [0.25, 0.3) is 20.8 Å². The summed E-state index contributed by atoms with van der Waals surface area (Å²) in [6.45, 7) is 2.24. The highest BCUT2D eigenvalue weighted by atomic mass is 32.1. The average Bonchev–Trinajstić information content (AvgIpc) is 3.11. The molecule has 0 spiro atoms. The summed E-state index contributed by atoms with van der Waals surface area (Å²) in [7, 11) is 4.07. The van der Waals surface area contributed by atoms with E-state index in [0.717, 1.165) is 26.5 Å². The van der Waals surface area contributed by atoms with Crippen LogP contribution in [-0.4, -0.2) is 52.2 Å². The van der Waals surface area contributed by atoms with Crippen LogP contribution in [0.5, 0.6) is 5.75 Å². The van der Waals surface area contributed by atoms with Crippen molar-refractivity contribution in [2.45, 2.75) is 0 Å². The van der Waals surface area contributed by atoms with Gasteiger partial charge in [0, 0.05) is 25.3 Å². The van der Waals surface area contributed by atoms with E-state index in [2.05, 4.69) is 29.2 Å². The third-order valence-electron chi connectivity index (χ3n) is 3.98. The molecule has 27 heavy (non-hydrogen) atoms. The van der Waals surface area contributed by atoms with Crippen LogP contribution in [0.1, 0.15) is 0 Å². The zero-order valence-electron chi connectivity index (χ0n) is 15.7. The Morgan fingerprint density at radius 2 is 1.70 bits per heavy atom. The van der Waals surface area contributed by atoms with E-state index in [9.17, 15) is 0 Å². The van der Waals surface area contributed by atoms with Crippen molar-refractivity contribution in [3.63, 3.8) is 0 Å². The fourth-order valence-corrected chi connectivity index (χ4v) is 3.54. The number of thiazole rings is 1. The molecule has 0 aliphatic carbocycles. The van der Waals surface area contributed by atoms with Crippen molar-refractivity contribution in [1.82, 2.24) is 4.98 Å². The first kappa shape index (κ1) is 19.6. The van der Waals surface area contributed by atoms with Crippen molar-refractivity contribution in [3.8, 4) is 16.3 Å². The number of fused-ring (bicyclic) bond motifs is 1. The Morgan fingerprint density at radius 3 is 2.44 bits per heavy atom. The predicted molar refractivity (Wildman–Crippen MR) is 111 cm³/mol. The lowest BCUT2D eigenvalue weighted by Crippen LogP contribution is -2.13. The van der Waals surface area contributed by atoms with E-state index in [1.54, 1.807) is 11.3 Å². The molecule has 0 unspecified atom stereocenters. The van der Waals surface area contributed by atoms with Gasteiger partial charge in [0.1, 0.15) is 17.4 Å². The van der Waals surface area contributed by atoms with Crippen LogP contribution in [-0.2, 0) is 9.47 Å². The van der Waals surface area contributed by atoms with Crippen molar-refractivity contribution in [2.75, 3.05) is 52.2 Å². The molecular weight excluding hydrogens is 362 g/mol. The fourth-order valence-electron chi connectivity index (χ4n) is 2.54. The van der Waals surface area contributed by atoms with Crippen molar-refractivity contribution in [3.05, 3.63) is 42.5 Å². The normalized spacial score (nSPS) is 11.1. The molecule has 0 aliphatic heterocycles. The van der Waals surface area contributed by atoms with Gasteiger partial charge in [0.15, 0.2) is 0 Å². The molecule has 0 amide bonds. The van der Waals surface area contributed by atoms with Gasteiger partial charge < -0.3 is 24.8 Å². The zero-order valence-corrected chi connectivity index (χ0v) is 16.5. The Bertz CT molecular complexity index is 849. The standard InChI is InChI=1S/C20H25N3O3S/c1-23(2)16-5-3-15(4-6-16)20-22-18-8-7-17(13-19(18)27-20)26-12-11-24-9-10-25-14-21/h3-8,13H,9-12,14,21H2,1-2H3. The summed E-state index contributed by atoms with van der Waals surface area (Å²) in [6.07, 6.45) is 0. The predicted octanol–water partition coefficient (Wildman–Crippen LogP) is 3.36. The summed E-state index contributed by atoms with van der Waals surface area (Å²) in [5, 5.41) is 1.01. The molecule has 3 rings (SSSR count).